The monoisotopic (exact) mass is 475 g/mol. The molecule has 32 heavy (non-hydrogen) atoms. The summed E-state index contributed by atoms with van der Waals surface area (Å²) in [6.45, 7) is 3.63. The number of nitrogens with zero attached hydrogens (tertiary/aromatic N) is 2. The maximum Gasteiger partial charge on any atom is 0.249 e. The van der Waals surface area contributed by atoms with E-state index in [-0.39, 0.29) is 11.1 Å². The van der Waals surface area contributed by atoms with E-state index < -0.39 is 17.5 Å². The second kappa shape index (κ2) is 9.45. The number of carbonyl (C=O) groups is 1. The summed E-state index contributed by atoms with van der Waals surface area (Å²) >= 11 is 12.1. The van der Waals surface area contributed by atoms with Crippen LogP contribution in [0.4, 0.5) is 14.5 Å². The molecule has 0 atom stereocenters. The van der Waals surface area contributed by atoms with E-state index in [1.165, 1.54) is 6.07 Å². The molecular formula is C24H21Cl2F2N3O. The first-order valence-electron chi connectivity index (χ1n) is 10.1. The second-order valence-corrected chi connectivity index (χ2v) is 8.49. The highest BCUT2D eigenvalue weighted by atomic mass is 35.5. The van der Waals surface area contributed by atoms with E-state index >= 15 is 0 Å². The van der Waals surface area contributed by atoms with Crippen LogP contribution < -0.4 is 10.6 Å². The number of rotatable bonds is 5. The summed E-state index contributed by atoms with van der Waals surface area (Å²) < 4.78 is 28.8. The smallest absolute Gasteiger partial charge is 0.249 e. The Balaban J connectivity index is 1.57. The summed E-state index contributed by atoms with van der Waals surface area (Å²) in [4.78, 5) is 16.3. The number of carbonyl (C=O) groups excluding carboxylic acids is 1. The third-order valence-electron chi connectivity index (χ3n) is 5.64. The number of anilines is 1. The number of amides is 1. The van der Waals surface area contributed by atoms with Gasteiger partial charge in [-0.25, -0.2) is 8.78 Å². The van der Waals surface area contributed by atoms with Crippen molar-refractivity contribution in [2.75, 3.05) is 31.1 Å². The van der Waals surface area contributed by atoms with Crippen molar-refractivity contribution < 1.29 is 13.6 Å². The van der Waals surface area contributed by atoms with E-state index in [9.17, 15) is 13.6 Å². The Morgan fingerprint density at radius 2 is 1.66 bits per heavy atom. The maximum atomic E-state index is 14.8. The summed E-state index contributed by atoms with van der Waals surface area (Å²) in [6, 6.07) is 14.8. The highest BCUT2D eigenvalue weighted by Gasteiger charge is 2.24. The third kappa shape index (κ3) is 4.58. The molecule has 1 saturated heterocycles. The Kier molecular flexibility index (Phi) is 6.65. The molecule has 0 aromatic heterocycles. The Morgan fingerprint density at radius 3 is 2.34 bits per heavy atom. The van der Waals surface area contributed by atoms with Crippen LogP contribution in [0.1, 0.15) is 15.9 Å². The molecule has 0 bridgehead atoms. The maximum absolute atomic E-state index is 14.8. The van der Waals surface area contributed by atoms with Crippen molar-refractivity contribution >= 4 is 34.8 Å². The number of halogens is 4. The molecule has 0 radical (unpaired) electrons. The van der Waals surface area contributed by atoms with Crippen LogP contribution in [0.5, 0.6) is 0 Å². The van der Waals surface area contributed by atoms with E-state index in [0.29, 0.717) is 28.7 Å². The SMILES string of the molecule is NC(=O)c1ccc(F)c(F)c1-c1ccccc1N1CCN(Cc2ccc(Cl)c(Cl)c2)CC1. The second-order valence-electron chi connectivity index (χ2n) is 7.68. The van der Waals surface area contributed by atoms with E-state index in [0.717, 1.165) is 37.0 Å². The lowest BCUT2D eigenvalue weighted by Gasteiger charge is -2.37. The van der Waals surface area contributed by atoms with Crippen molar-refractivity contribution in [1.82, 2.24) is 4.90 Å². The minimum atomic E-state index is -1.08. The third-order valence-corrected chi connectivity index (χ3v) is 6.38. The van der Waals surface area contributed by atoms with Crippen LogP contribution in [0.25, 0.3) is 11.1 Å². The van der Waals surface area contributed by atoms with Crippen LogP contribution in [0.3, 0.4) is 0 Å². The van der Waals surface area contributed by atoms with Crippen molar-refractivity contribution in [3.8, 4) is 11.1 Å². The average Bonchev–Trinajstić information content (AvgIpc) is 2.78. The van der Waals surface area contributed by atoms with Gasteiger partial charge < -0.3 is 10.6 Å². The molecule has 1 amide bonds. The summed E-state index contributed by atoms with van der Waals surface area (Å²) in [5.74, 6) is -2.90. The number of primary amides is 1. The molecule has 1 aliphatic heterocycles. The van der Waals surface area contributed by atoms with E-state index in [1.54, 1.807) is 18.2 Å². The molecule has 0 spiro atoms. The Labute approximate surface area is 195 Å². The lowest BCUT2D eigenvalue weighted by molar-refractivity contribution is 0.100. The molecule has 4 rings (SSSR count). The highest BCUT2D eigenvalue weighted by Crippen LogP contribution is 2.36. The summed E-state index contributed by atoms with van der Waals surface area (Å²) in [7, 11) is 0. The van der Waals surface area contributed by atoms with Gasteiger partial charge in [-0.2, -0.15) is 0 Å². The molecule has 1 heterocycles. The molecular weight excluding hydrogens is 455 g/mol. The van der Waals surface area contributed by atoms with Gasteiger partial charge in [-0.15, -0.1) is 0 Å². The molecule has 1 aliphatic rings. The Bertz CT molecular complexity index is 1160. The van der Waals surface area contributed by atoms with Crippen molar-refractivity contribution in [2.45, 2.75) is 6.54 Å². The quantitative estimate of drug-likeness (QED) is 0.540. The molecule has 0 unspecified atom stereocenters. The van der Waals surface area contributed by atoms with Crippen molar-refractivity contribution in [3.63, 3.8) is 0 Å². The lowest BCUT2D eigenvalue weighted by atomic mass is 9.96. The molecule has 166 valence electrons. The molecule has 1 fully saturated rings. The minimum Gasteiger partial charge on any atom is -0.368 e. The normalized spacial score (nSPS) is 14.6. The van der Waals surface area contributed by atoms with Gasteiger partial charge in [0.05, 0.1) is 15.6 Å². The summed E-state index contributed by atoms with van der Waals surface area (Å²) in [5.41, 5.74) is 7.53. The number of hydrogen-bond donors (Lipinski definition) is 1. The first kappa shape index (κ1) is 22.5. The van der Waals surface area contributed by atoms with Gasteiger partial charge in [0, 0.05) is 49.5 Å². The summed E-state index contributed by atoms with van der Waals surface area (Å²) in [6.07, 6.45) is 0. The molecule has 3 aromatic rings. The van der Waals surface area contributed by atoms with E-state index in [1.807, 2.05) is 24.3 Å². The van der Waals surface area contributed by atoms with Crippen LogP contribution >= 0.6 is 23.2 Å². The van der Waals surface area contributed by atoms with E-state index in [2.05, 4.69) is 9.80 Å². The first-order chi connectivity index (χ1) is 15.3. The lowest BCUT2D eigenvalue weighted by Crippen LogP contribution is -2.46. The molecule has 0 aliphatic carbocycles. The van der Waals surface area contributed by atoms with Crippen molar-refractivity contribution in [1.29, 1.82) is 0 Å². The van der Waals surface area contributed by atoms with Gasteiger partial charge in [0.25, 0.3) is 0 Å². The average molecular weight is 476 g/mol. The number of benzene rings is 3. The molecule has 8 heteroatoms. The summed E-state index contributed by atoms with van der Waals surface area (Å²) in [5, 5.41) is 1.05. The first-order valence-corrected chi connectivity index (χ1v) is 10.9. The van der Waals surface area contributed by atoms with Gasteiger partial charge in [-0.3, -0.25) is 9.69 Å². The van der Waals surface area contributed by atoms with Gasteiger partial charge in [-0.05, 0) is 35.9 Å². The van der Waals surface area contributed by atoms with Gasteiger partial charge in [0.15, 0.2) is 11.6 Å². The van der Waals surface area contributed by atoms with Crippen LogP contribution in [-0.4, -0.2) is 37.0 Å². The number of nitrogens with two attached hydrogens (primary N) is 1. The zero-order chi connectivity index (χ0) is 22.8. The standard InChI is InChI=1S/C24H21Cl2F2N3O/c25-18-7-5-15(13-19(18)26)14-30-9-11-31(12-10-30)21-4-2-1-3-16(21)22-17(24(29)32)6-8-20(27)23(22)28/h1-8,13H,9-12,14H2,(H2,29,32). The number of hydrogen-bond acceptors (Lipinski definition) is 3. The minimum absolute atomic E-state index is 0.0467. The highest BCUT2D eigenvalue weighted by molar-refractivity contribution is 6.42. The fraction of sp³-hybridized carbons (Fsp3) is 0.208. The zero-order valence-electron chi connectivity index (χ0n) is 17.1. The van der Waals surface area contributed by atoms with Gasteiger partial charge in [0.1, 0.15) is 0 Å². The number of piperazine rings is 1. The van der Waals surface area contributed by atoms with Crippen LogP contribution in [0, 0.1) is 11.6 Å². The van der Waals surface area contributed by atoms with Gasteiger partial charge in [0.2, 0.25) is 5.91 Å². The predicted octanol–water partition coefficient (Wildman–Crippen LogP) is 5.36. The molecule has 0 saturated carbocycles. The van der Waals surface area contributed by atoms with Gasteiger partial charge in [-0.1, -0.05) is 47.5 Å². The largest absolute Gasteiger partial charge is 0.368 e. The molecule has 4 nitrogen and oxygen atoms in total. The van der Waals surface area contributed by atoms with Crippen LogP contribution in [-0.2, 0) is 6.54 Å². The zero-order valence-corrected chi connectivity index (χ0v) is 18.6. The fourth-order valence-electron chi connectivity index (χ4n) is 4.02. The van der Waals surface area contributed by atoms with Crippen molar-refractivity contribution in [3.05, 3.63) is 87.4 Å². The molecule has 3 aromatic carbocycles. The topological polar surface area (TPSA) is 49.6 Å². The predicted molar refractivity (Wildman–Crippen MR) is 124 cm³/mol. The van der Waals surface area contributed by atoms with Crippen LogP contribution in [0.2, 0.25) is 10.0 Å². The Morgan fingerprint density at radius 1 is 0.938 bits per heavy atom. The molecule has 2 N–H and O–H groups in total. The van der Waals surface area contributed by atoms with Gasteiger partial charge >= 0.3 is 0 Å². The fourth-order valence-corrected chi connectivity index (χ4v) is 4.34. The van der Waals surface area contributed by atoms with Crippen LogP contribution in [0.15, 0.2) is 54.6 Å². The van der Waals surface area contributed by atoms with E-state index in [4.69, 9.17) is 28.9 Å². The van der Waals surface area contributed by atoms with Crippen molar-refractivity contribution in [2.24, 2.45) is 5.73 Å². The number of para-hydroxylation sites is 1. The Hall–Kier alpha value is -2.67.